The van der Waals surface area contributed by atoms with Gasteiger partial charge in [-0.25, -0.2) is 0 Å². The summed E-state index contributed by atoms with van der Waals surface area (Å²) in [7, 11) is 0. The van der Waals surface area contributed by atoms with Gasteiger partial charge in [-0.3, -0.25) is 0 Å². The molecule has 3 aromatic carbocycles. The van der Waals surface area contributed by atoms with Crippen LogP contribution in [0.25, 0.3) is 11.1 Å². The van der Waals surface area contributed by atoms with Gasteiger partial charge >= 0.3 is 0 Å². The van der Waals surface area contributed by atoms with Crippen molar-refractivity contribution in [2.24, 2.45) is 0 Å². The van der Waals surface area contributed by atoms with Crippen molar-refractivity contribution in [3.05, 3.63) is 94.0 Å². The van der Waals surface area contributed by atoms with Crippen molar-refractivity contribution in [1.29, 1.82) is 0 Å². The maximum Gasteiger partial charge on any atom is 0.0898 e. The molecule has 3 nitrogen and oxygen atoms in total. The van der Waals surface area contributed by atoms with Crippen molar-refractivity contribution in [3.8, 4) is 11.1 Å². The normalized spacial score (nSPS) is 13.7. The Hall–Kier alpha value is -2.17. The van der Waals surface area contributed by atoms with Crippen LogP contribution in [-0.2, 0) is 11.2 Å². The zero-order valence-electron chi connectivity index (χ0n) is 20.4. The highest BCUT2D eigenvalue weighted by Crippen LogP contribution is 2.27. The largest absolute Gasteiger partial charge is 0.389 e. The van der Waals surface area contributed by atoms with E-state index in [-0.39, 0.29) is 18.2 Å². The lowest BCUT2D eigenvalue weighted by Gasteiger charge is -2.28. The summed E-state index contributed by atoms with van der Waals surface area (Å²) in [6.45, 7) is 11.2. The van der Waals surface area contributed by atoms with E-state index >= 15 is 0 Å². The van der Waals surface area contributed by atoms with Gasteiger partial charge in [-0.15, -0.1) is 0 Å². The lowest BCUT2D eigenvalue weighted by molar-refractivity contribution is -0.00416. The summed E-state index contributed by atoms with van der Waals surface area (Å²) in [6.07, 6.45) is 0.127. The van der Waals surface area contributed by atoms with Crippen LogP contribution < -0.4 is 5.32 Å². The Kier molecular flexibility index (Phi) is 8.72. The Morgan fingerprint density at radius 3 is 2.45 bits per heavy atom. The van der Waals surface area contributed by atoms with E-state index < -0.39 is 6.10 Å². The second-order valence-electron chi connectivity index (χ2n) is 9.59. The number of aliphatic hydroxyl groups excluding tert-OH is 1. The lowest BCUT2D eigenvalue weighted by atomic mass is 9.94. The van der Waals surface area contributed by atoms with Crippen molar-refractivity contribution in [1.82, 2.24) is 5.32 Å². The fourth-order valence-corrected chi connectivity index (χ4v) is 4.18. The Morgan fingerprint density at radius 1 is 0.970 bits per heavy atom. The van der Waals surface area contributed by atoms with Crippen molar-refractivity contribution < 1.29 is 9.84 Å². The maximum atomic E-state index is 10.5. The first-order valence-electron chi connectivity index (χ1n) is 11.6. The van der Waals surface area contributed by atoms with Crippen LogP contribution in [0.2, 0.25) is 5.02 Å². The minimum absolute atomic E-state index is 0.105. The second-order valence-corrected chi connectivity index (χ2v) is 10.0. The first-order chi connectivity index (χ1) is 15.6. The van der Waals surface area contributed by atoms with E-state index in [0.29, 0.717) is 6.54 Å². The molecule has 4 heteroatoms. The van der Waals surface area contributed by atoms with E-state index in [1.54, 1.807) is 0 Å². The number of β-amino-alcohol motifs (C(OH)–C–C–N with tert-alkyl or cyclic N) is 1. The number of benzene rings is 3. The van der Waals surface area contributed by atoms with Crippen molar-refractivity contribution in [3.63, 3.8) is 0 Å². The van der Waals surface area contributed by atoms with Gasteiger partial charge < -0.3 is 15.2 Å². The predicted octanol–water partition coefficient (Wildman–Crippen LogP) is 6.67. The predicted molar refractivity (Wildman–Crippen MR) is 139 cm³/mol. The van der Waals surface area contributed by atoms with E-state index in [9.17, 15) is 5.11 Å². The maximum absolute atomic E-state index is 10.5. The van der Waals surface area contributed by atoms with E-state index in [2.05, 4.69) is 80.7 Å². The number of nitrogens with one attached hydrogen (secondary N) is 1. The molecule has 0 amide bonds. The van der Waals surface area contributed by atoms with Crippen LogP contribution in [0, 0.1) is 13.8 Å². The molecule has 0 bridgehead atoms. The average molecular weight is 466 g/mol. The first-order valence-corrected chi connectivity index (χ1v) is 12.0. The molecular formula is C29H36ClNO2. The van der Waals surface area contributed by atoms with Gasteiger partial charge in [0.25, 0.3) is 0 Å². The lowest BCUT2D eigenvalue weighted by Crippen LogP contribution is -2.46. The van der Waals surface area contributed by atoms with Crippen LogP contribution in [0.3, 0.4) is 0 Å². The summed E-state index contributed by atoms with van der Waals surface area (Å²) in [5, 5.41) is 14.8. The minimum Gasteiger partial charge on any atom is -0.389 e. The third-order valence-electron chi connectivity index (χ3n) is 6.05. The van der Waals surface area contributed by atoms with Crippen LogP contribution in [0.5, 0.6) is 0 Å². The highest BCUT2D eigenvalue weighted by Gasteiger charge is 2.20. The molecule has 2 atom stereocenters. The van der Waals surface area contributed by atoms with Crippen LogP contribution in [-0.4, -0.2) is 29.9 Å². The van der Waals surface area contributed by atoms with Crippen LogP contribution in [0.4, 0.5) is 0 Å². The number of hydrogen-bond acceptors (Lipinski definition) is 3. The summed E-state index contributed by atoms with van der Waals surface area (Å²) in [5.74, 6) is 0. The van der Waals surface area contributed by atoms with Gasteiger partial charge in [0.1, 0.15) is 0 Å². The molecule has 0 fully saturated rings. The third kappa shape index (κ3) is 7.41. The van der Waals surface area contributed by atoms with E-state index in [1.807, 2.05) is 26.0 Å². The number of aliphatic hydroxyl groups is 1. The quantitative estimate of drug-likeness (QED) is 0.351. The van der Waals surface area contributed by atoms with E-state index in [4.69, 9.17) is 16.3 Å². The molecule has 0 aliphatic rings. The molecule has 2 N–H and O–H groups in total. The number of aryl methyl sites for hydroxylation is 2. The number of hydrogen-bond donors (Lipinski definition) is 2. The van der Waals surface area contributed by atoms with Gasteiger partial charge in [0.05, 0.1) is 18.8 Å². The van der Waals surface area contributed by atoms with Gasteiger partial charge in [0.2, 0.25) is 0 Å². The molecule has 0 aliphatic heterocycles. The smallest absolute Gasteiger partial charge is 0.0898 e. The molecule has 0 aliphatic carbocycles. The van der Waals surface area contributed by atoms with Gasteiger partial charge in [0, 0.05) is 17.1 Å². The highest BCUT2D eigenvalue weighted by molar-refractivity contribution is 6.31. The number of halogens is 1. The molecular weight excluding hydrogens is 430 g/mol. The molecule has 0 heterocycles. The van der Waals surface area contributed by atoms with Gasteiger partial charge in [-0.2, -0.15) is 0 Å². The summed E-state index contributed by atoms with van der Waals surface area (Å²) < 4.78 is 6.02. The van der Waals surface area contributed by atoms with E-state index in [1.165, 1.54) is 22.3 Å². The molecule has 0 radical (unpaired) electrons. The van der Waals surface area contributed by atoms with Crippen molar-refractivity contribution >= 4 is 11.6 Å². The fraction of sp³-hybridized carbons (Fsp3) is 0.379. The van der Waals surface area contributed by atoms with Crippen LogP contribution >= 0.6 is 11.6 Å². The summed E-state index contributed by atoms with van der Waals surface area (Å²) in [4.78, 5) is 0. The van der Waals surface area contributed by atoms with Gasteiger partial charge in [-0.05, 0) is 86.6 Å². The average Bonchev–Trinajstić information content (AvgIpc) is 2.79. The minimum atomic E-state index is -0.590. The molecule has 33 heavy (non-hydrogen) atoms. The molecule has 3 rings (SSSR count). The molecule has 3 aromatic rings. The first kappa shape index (κ1) is 25.5. The Balaban J connectivity index is 1.51. The number of rotatable bonds is 10. The molecule has 0 aromatic heterocycles. The Bertz CT molecular complexity index is 1060. The molecule has 0 saturated carbocycles. The van der Waals surface area contributed by atoms with Gasteiger partial charge in [0.15, 0.2) is 0 Å². The second kappa shape index (κ2) is 11.3. The molecule has 0 saturated heterocycles. The summed E-state index contributed by atoms with van der Waals surface area (Å²) in [6, 6.07) is 23.0. The van der Waals surface area contributed by atoms with Gasteiger partial charge in [-0.1, -0.05) is 66.2 Å². The molecule has 176 valence electrons. The Labute approximate surface area is 203 Å². The molecule has 0 spiro atoms. The monoisotopic (exact) mass is 465 g/mol. The number of ether oxygens (including phenoxy) is 1. The fourth-order valence-electron chi connectivity index (χ4n) is 3.98. The summed E-state index contributed by atoms with van der Waals surface area (Å²) >= 11 is 6.27. The summed E-state index contributed by atoms with van der Waals surface area (Å²) in [5.41, 5.74) is 6.85. The SMILES string of the molecule is Cc1ccc(CC(C)(C)NC[C@@H](O)COC(C)c2cccc(-c3ccccc3C)c2)cc1Cl. The van der Waals surface area contributed by atoms with Crippen LogP contribution in [0.15, 0.2) is 66.7 Å². The van der Waals surface area contributed by atoms with E-state index in [0.717, 1.165) is 22.6 Å². The topological polar surface area (TPSA) is 41.5 Å². The zero-order valence-corrected chi connectivity index (χ0v) is 21.1. The highest BCUT2D eigenvalue weighted by atomic mass is 35.5. The Morgan fingerprint density at radius 2 is 1.73 bits per heavy atom. The van der Waals surface area contributed by atoms with Crippen molar-refractivity contribution in [2.75, 3.05) is 13.2 Å². The van der Waals surface area contributed by atoms with Crippen molar-refractivity contribution in [2.45, 2.75) is 58.8 Å². The zero-order chi connectivity index (χ0) is 24.0. The third-order valence-corrected chi connectivity index (χ3v) is 6.46. The molecule has 1 unspecified atom stereocenters. The standard InChI is InChI=1S/C29H36ClNO2/c1-20-9-6-7-12-27(20)25-11-8-10-24(16-25)22(3)33-19-26(32)18-31-29(4,5)17-23-14-13-21(2)28(30)15-23/h6-16,22,26,31-32H,17-19H2,1-5H3/t22?,26-/m1/s1. The van der Waals surface area contributed by atoms with Crippen LogP contribution in [0.1, 0.15) is 49.1 Å².